The molecule has 0 radical (unpaired) electrons. The molecule has 0 spiro atoms. The number of rotatable bonds is 9. The third-order valence-electron chi connectivity index (χ3n) is 5.73. The molecular formula is C26H20Cl2N4O6. The fourth-order valence-electron chi connectivity index (χ4n) is 3.71. The first-order valence-corrected chi connectivity index (χ1v) is 11.9. The molecule has 0 saturated carbocycles. The molecule has 3 aromatic carbocycles. The second kappa shape index (κ2) is 11.3. The van der Waals surface area contributed by atoms with Gasteiger partial charge >= 0.3 is 0 Å². The number of nitrogens with one attached hydrogen (secondary N) is 2. The quantitative estimate of drug-likeness (QED) is 0.224. The minimum Gasteiger partial charge on any atom is -0.495 e. The Labute approximate surface area is 226 Å². The van der Waals surface area contributed by atoms with Crippen LogP contribution in [0, 0.1) is 10.1 Å². The van der Waals surface area contributed by atoms with Crippen molar-refractivity contribution in [3.05, 3.63) is 109 Å². The van der Waals surface area contributed by atoms with E-state index in [9.17, 15) is 24.5 Å². The van der Waals surface area contributed by atoms with Crippen LogP contribution in [0.25, 0.3) is 0 Å². The average molecular weight is 555 g/mol. The second-order valence-corrected chi connectivity index (χ2v) is 8.91. The van der Waals surface area contributed by atoms with Gasteiger partial charge in [0.25, 0.3) is 23.4 Å². The predicted molar refractivity (Wildman–Crippen MR) is 141 cm³/mol. The van der Waals surface area contributed by atoms with Gasteiger partial charge < -0.3 is 15.4 Å². The Bertz CT molecular complexity index is 1470. The Kier molecular flexibility index (Phi) is 7.94. The smallest absolute Gasteiger partial charge is 0.278 e. The first-order chi connectivity index (χ1) is 18.2. The number of amides is 3. The van der Waals surface area contributed by atoms with Crippen LogP contribution in [-0.2, 0) is 22.7 Å². The highest BCUT2D eigenvalue weighted by molar-refractivity contribution is 6.47. The first-order valence-electron chi connectivity index (χ1n) is 11.2. The number of non-ortho nitro benzene ring substituents is 1. The Balaban J connectivity index is 1.40. The summed E-state index contributed by atoms with van der Waals surface area (Å²) in [6.07, 6.45) is 0. The molecule has 0 saturated heterocycles. The van der Waals surface area contributed by atoms with Gasteiger partial charge in [-0.25, -0.2) is 0 Å². The van der Waals surface area contributed by atoms with E-state index in [4.69, 9.17) is 27.9 Å². The van der Waals surface area contributed by atoms with E-state index < -0.39 is 22.6 Å². The number of ether oxygens (including phenoxy) is 1. The van der Waals surface area contributed by atoms with Crippen molar-refractivity contribution in [2.24, 2.45) is 0 Å². The van der Waals surface area contributed by atoms with E-state index >= 15 is 0 Å². The monoisotopic (exact) mass is 554 g/mol. The molecule has 0 unspecified atom stereocenters. The zero-order valence-electron chi connectivity index (χ0n) is 19.9. The van der Waals surface area contributed by atoms with E-state index in [1.54, 1.807) is 48.5 Å². The molecule has 2 N–H and O–H groups in total. The third-order valence-corrected chi connectivity index (χ3v) is 6.44. The summed E-state index contributed by atoms with van der Waals surface area (Å²) in [6.45, 7) is 0.142. The SMILES string of the molecule is COc1ccc([N+](=O)[O-])cc1NC(=O)c1ccc(CNC2=C(Cl)C(=O)N(Cc3ccccc3Cl)C2=O)cc1. The number of benzene rings is 3. The number of carbonyl (C=O) groups is 3. The summed E-state index contributed by atoms with van der Waals surface area (Å²) in [6, 6.07) is 17.2. The zero-order valence-corrected chi connectivity index (χ0v) is 21.4. The topological polar surface area (TPSA) is 131 Å². The van der Waals surface area contributed by atoms with Gasteiger partial charge in [0.1, 0.15) is 16.5 Å². The van der Waals surface area contributed by atoms with Gasteiger partial charge in [-0.2, -0.15) is 0 Å². The van der Waals surface area contributed by atoms with Crippen LogP contribution in [0.1, 0.15) is 21.5 Å². The fourth-order valence-corrected chi connectivity index (χ4v) is 4.15. The molecule has 4 rings (SSSR count). The number of imide groups is 1. The summed E-state index contributed by atoms with van der Waals surface area (Å²) >= 11 is 12.3. The molecule has 1 heterocycles. The summed E-state index contributed by atoms with van der Waals surface area (Å²) in [5, 5.41) is 16.8. The maximum Gasteiger partial charge on any atom is 0.278 e. The number of halogens is 2. The average Bonchev–Trinajstić information content (AvgIpc) is 3.11. The number of hydrogen-bond acceptors (Lipinski definition) is 7. The van der Waals surface area contributed by atoms with E-state index in [0.29, 0.717) is 16.1 Å². The molecule has 38 heavy (non-hydrogen) atoms. The van der Waals surface area contributed by atoms with Crippen LogP contribution in [0.4, 0.5) is 11.4 Å². The van der Waals surface area contributed by atoms with Crippen molar-refractivity contribution in [3.8, 4) is 5.75 Å². The minimum absolute atomic E-state index is 0.0160. The van der Waals surface area contributed by atoms with Crippen molar-refractivity contribution in [1.82, 2.24) is 10.2 Å². The first kappa shape index (κ1) is 26.6. The van der Waals surface area contributed by atoms with Crippen LogP contribution in [0.3, 0.4) is 0 Å². The van der Waals surface area contributed by atoms with E-state index in [0.717, 1.165) is 4.90 Å². The Morgan fingerprint density at radius 3 is 2.39 bits per heavy atom. The van der Waals surface area contributed by atoms with Gasteiger partial charge in [0.2, 0.25) is 0 Å². The summed E-state index contributed by atoms with van der Waals surface area (Å²) < 4.78 is 5.17. The van der Waals surface area contributed by atoms with Crippen LogP contribution >= 0.6 is 23.2 Å². The molecule has 0 atom stereocenters. The van der Waals surface area contributed by atoms with Crippen LogP contribution in [-0.4, -0.2) is 34.7 Å². The lowest BCUT2D eigenvalue weighted by Gasteiger charge is -2.16. The van der Waals surface area contributed by atoms with Gasteiger partial charge in [-0.05, 0) is 35.4 Å². The minimum atomic E-state index is -0.623. The van der Waals surface area contributed by atoms with Gasteiger partial charge in [-0.15, -0.1) is 0 Å². The molecule has 0 aromatic heterocycles. The lowest BCUT2D eigenvalue weighted by Crippen LogP contribution is -2.33. The fraction of sp³-hybridized carbons (Fsp3) is 0.115. The van der Waals surface area contributed by atoms with E-state index in [2.05, 4.69) is 10.6 Å². The number of anilines is 1. The standard InChI is InChI=1S/C26H20Cl2N4O6/c1-38-21-11-10-18(32(36)37)12-20(21)30-24(33)16-8-6-15(7-9-16)13-29-23-22(28)25(34)31(26(23)35)14-17-4-2-3-5-19(17)27/h2-12,29H,13-14H2,1H3,(H,30,33). The molecule has 10 nitrogen and oxygen atoms in total. The van der Waals surface area contributed by atoms with Gasteiger partial charge in [0.05, 0.1) is 24.3 Å². The summed E-state index contributed by atoms with van der Waals surface area (Å²) in [7, 11) is 1.39. The van der Waals surface area contributed by atoms with Gasteiger partial charge in [-0.3, -0.25) is 29.4 Å². The summed E-state index contributed by atoms with van der Waals surface area (Å²) in [5.41, 5.74) is 1.54. The Morgan fingerprint density at radius 1 is 1.03 bits per heavy atom. The summed E-state index contributed by atoms with van der Waals surface area (Å²) in [5.74, 6) is -1.42. The van der Waals surface area contributed by atoms with Crippen molar-refractivity contribution >= 4 is 52.3 Å². The van der Waals surface area contributed by atoms with Crippen molar-refractivity contribution in [2.45, 2.75) is 13.1 Å². The summed E-state index contributed by atoms with van der Waals surface area (Å²) in [4.78, 5) is 49.6. The molecule has 1 aliphatic rings. The Morgan fingerprint density at radius 2 is 1.74 bits per heavy atom. The molecule has 3 aromatic rings. The number of methoxy groups -OCH3 is 1. The van der Waals surface area contributed by atoms with Crippen LogP contribution in [0.5, 0.6) is 5.75 Å². The Hall–Kier alpha value is -4.41. The second-order valence-electron chi connectivity index (χ2n) is 8.12. The highest BCUT2D eigenvalue weighted by Gasteiger charge is 2.37. The normalized spacial score (nSPS) is 13.1. The van der Waals surface area contributed by atoms with E-state index in [1.807, 2.05) is 0 Å². The molecule has 0 fully saturated rings. The lowest BCUT2D eigenvalue weighted by atomic mass is 10.1. The van der Waals surface area contributed by atoms with E-state index in [-0.39, 0.29) is 46.5 Å². The van der Waals surface area contributed by atoms with Crippen molar-refractivity contribution in [1.29, 1.82) is 0 Å². The largest absolute Gasteiger partial charge is 0.495 e. The molecule has 194 valence electrons. The predicted octanol–water partition coefficient (Wildman–Crippen LogP) is 4.62. The molecule has 12 heteroatoms. The number of nitro benzene ring substituents is 1. The van der Waals surface area contributed by atoms with Gasteiger partial charge in [0, 0.05) is 29.3 Å². The molecule has 0 aliphatic carbocycles. The van der Waals surface area contributed by atoms with Gasteiger partial charge in [0.15, 0.2) is 0 Å². The molecular weight excluding hydrogens is 535 g/mol. The number of nitro groups is 1. The highest BCUT2D eigenvalue weighted by atomic mass is 35.5. The maximum absolute atomic E-state index is 12.9. The van der Waals surface area contributed by atoms with Crippen molar-refractivity contribution in [3.63, 3.8) is 0 Å². The van der Waals surface area contributed by atoms with Crippen molar-refractivity contribution < 1.29 is 24.0 Å². The maximum atomic E-state index is 12.9. The number of hydrogen-bond donors (Lipinski definition) is 2. The number of nitrogens with zero attached hydrogens (tertiary/aromatic N) is 2. The molecule has 1 aliphatic heterocycles. The van der Waals surface area contributed by atoms with Crippen molar-refractivity contribution in [2.75, 3.05) is 12.4 Å². The molecule has 0 bridgehead atoms. The van der Waals surface area contributed by atoms with E-state index in [1.165, 1.54) is 25.3 Å². The lowest BCUT2D eigenvalue weighted by molar-refractivity contribution is -0.384. The van der Waals surface area contributed by atoms with Crippen LogP contribution in [0.15, 0.2) is 77.5 Å². The number of carbonyl (C=O) groups excluding carboxylic acids is 3. The van der Waals surface area contributed by atoms with Crippen LogP contribution in [0.2, 0.25) is 5.02 Å². The highest BCUT2D eigenvalue weighted by Crippen LogP contribution is 2.30. The molecule has 3 amide bonds. The third kappa shape index (κ3) is 5.61. The van der Waals surface area contributed by atoms with Gasteiger partial charge in [-0.1, -0.05) is 53.5 Å². The zero-order chi connectivity index (χ0) is 27.4. The van der Waals surface area contributed by atoms with Crippen LogP contribution < -0.4 is 15.4 Å².